The number of aromatic nitrogens is 3. The van der Waals surface area contributed by atoms with Gasteiger partial charge in [-0.25, -0.2) is 9.97 Å². The summed E-state index contributed by atoms with van der Waals surface area (Å²) in [6.07, 6.45) is 7.83. The van der Waals surface area contributed by atoms with Crippen LogP contribution in [0.4, 0.5) is 5.82 Å². The summed E-state index contributed by atoms with van der Waals surface area (Å²) in [5.74, 6) is 1.11. The summed E-state index contributed by atoms with van der Waals surface area (Å²) in [6.45, 7) is 1.34. The fourth-order valence-electron chi connectivity index (χ4n) is 5.21. The van der Waals surface area contributed by atoms with Gasteiger partial charge >= 0.3 is 0 Å². The molecule has 0 radical (unpaired) electrons. The van der Waals surface area contributed by atoms with E-state index in [2.05, 4.69) is 27.8 Å². The molecule has 0 bridgehead atoms. The number of amides is 1. The van der Waals surface area contributed by atoms with Crippen LogP contribution in [0.15, 0.2) is 54.6 Å². The number of ether oxygens (including phenoxy) is 1. The van der Waals surface area contributed by atoms with Crippen molar-refractivity contribution in [1.29, 1.82) is 0 Å². The van der Waals surface area contributed by atoms with Crippen molar-refractivity contribution < 1.29 is 9.53 Å². The molecule has 0 saturated carbocycles. The first-order valence-corrected chi connectivity index (χ1v) is 12.1. The zero-order valence-electron chi connectivity index (χ0n) is 20.0. The molecule has 7 nitrogen and oxygen atoms in total. The number of aryl methyl sites for hydroxylation is 1. The summed E-state index contributed by atoms with van der Waals surface area (Å²) in [5, 5.41) is 1.04. The summed E-state index contributed by atoms with van der Waals surface area (Å²) in [4.78, 5) is 22.0. The van der Waals surface area contributed by atoms with Crippen LogP contribution in [-0.2, 0) is 28.9 Å². The molecule has 1 atom stereocenters. The van der Waals surface area contributed by atoms with Crippen molar-refractivity contribution in [2.45, 2.75) is 38.6 Å². The van der Waals surface area contributed by atoms with Gasteiger partial charge in [0.05, 0.1) is 23.1 Å². The van der Waals surface area contributed by atoms with Crippen molar-refractivity contribution in [3.8, 4) is 0 Å². The summed E-state index contributed by atoms with van der Waals surface area (Å²) in [6, 6.07) is 16.2. The number of fused-ring (bicyclic) bond motifs is 4. The van der Waals surface area contributed by atoms with E-state index in [1.165, 1.54) is 5.56 Å². The SMILES string of the molecule is COCCc1nc2c(N)nc3ccccc3c2n1CCCCC1(C(N)=O)C=Cc2ccccc2C1. The standard InChI is InChI=1S/C28H31N5O2/c1-35-17-13-23-32-24-25(21-10-4-5-11-22(21)31-26(24)29)33(23)16-7-6-14-28(27(30)34)15-12-19-8-2-3-9-20(19)18-28/h2-5,8-12,15H,6-7,13-14,16-18H2,1H3,(H2,29,31)(H2,30,34). The predicted molar refractivity (Wildman–Crippen MR) is 140 cm³/mol. The quantitative estimate of drug-likeness (QED) is 0.356. The number of nitrogens with two attached hydrogens (primary N) is 2. The maximum atomic E-state index is 12.6. The zero-order valence-corrected chi connectivity index (χ0v) is 20.0. The molecule has 2 heterocycles. The Balaban J connectivity index is 1.40. The highest BCUT2D eigenvalue weighted by Crippen LogP contribution is 2.37. The molecule has 5 rings (SSSR count). The molecule has 2 aromatic carbocycles. The Morgan fingerprint density at radius 2 is 1.91 bits per heavy atom. The maximum absolute atomic E-state index is 12.6. The van der Waals surface area contributed by atoms with Gasteiger partial charge in [-0.05, 0) is 36.5 Å². The van der Waals surface area contributed by atoms with E-state index < -0.39 is 5.41 Å². The highest BCUT2D eigenvalue weighted by molar-refractivity contribution is 6.06. The van der Waals surface area contributed by atoms with Crippen LogP contribution in [0.1, 0.15) is 36.2 Å². The lowest BCUT2D eigenvalue weighted by molar-refractivity contribution is -0.125. The summed E-state index contributed by atoms with van der Waals surface area (Å²) < 4.78 is 7.58. The smallest absolute Gasteiger partial charge is 0.227 e. The first kappa shape index (κ1) is 23.1. The van der Waals surface area contributed by atoms with E-state index in [1.807, 2.05) is 42.5 Å². The van der Waals surface area contributed by atoms with Crippen LogP contribution in [0.25, 0.3) is 28.0 Å². The number of anilines is 1. The van der Waals surface area contributed by atoms with Gasteiger partial charge in [0.15, 0.2) is 5.82 Å². The van der Waals surface area contributed by atoms with Gasteiger partial charge in [0.25, 0.3) is 0 Å². The van der Waals surface area contributed by atoms with Gasteiger partial charge in [-0.15, -0.1) is 0 Å². The number of nitrogen functional groups attached to an aromatic ring is 1. The number of hydrogen-bond donors (Lipinski definition) is 2. The molecule has 4 N–H and O–H groups in total. The minimum Gasteiger partial charge on any atom is -0.384 e. The number of primary amides is 1. The normalized spacial score (nSPS) is 17.2. The first-order chi connectivity index (χ1) is 17.0. The number of carbonyl (C=O) groups is 1. The van der Waals surface area contributed by atoms with Gasteiger partial charge in [-0.1, -0.05) is 61.0 Å². The number of carbonyl (C=O) groups excluding carboxylic acids is 1. The highest BCUT2D eigenvalue weighted by atomic mass is 16.5. The lowest BCUT2D eigenvalue weighted by Crippen LogP contribution is -2.38. The molecule has 2 aromatic heterocycles. The molecular weight excluding hydrogens is 438 g/mol. The fourth-order valence-corrected chi connectivity index (χ4v) is 5.21. The van der Waals surface area contributed by atoms with E-state index in [0.717, 1.165) is 52.7 Å². The monoisotopic (exact) mass is 469 g/mol. The van der Waals surface area contributed by atoms with Gasteiger partial charge < -0.3 is 20.8 Å². The Kier molecular flexibility index (Phi) is 6.26. The predicted octanol–water partition coefficient (Wildman–Crippen LogP) is 4.27. The topological polar surface area (TPSA) is 109 Å². The second-order valence-corrected chi connectivity index (χ2v) is 9.32. The third-order valence-electron chi connectivity index (χ3n) is 7.11. The van der Waals surface area contributed by atoms with E-state index in [-0.39, 0.29) is 5.91 Å². The molecule has 1 aliphatic rings. The molecule has 1 amide bonds. The van der Waals surface area contributed by atoms with Gasteiger partial charge in [0.2, 0.25) is 5.91 Å². The van der Waals surface area contributed by atoms with Gasteiger partial charge in [0.1, 0.15) is 11.3 Å². The van der Waals surface area contributed by atoms with Crippen molar-refractivity contribution in [2.24, 2.45) is 11.1 Å². The fraction of sp³-hybridized carbons (Fsp3) is 0.321. The molecule has 4 aromatic rings. The number of hydrogen-bond acceptors (Lipinski definition) is 5. The summed E-state index contributed by atoms with van der Waals surface area (Å²) in [5.41, 5.74) is 16.5. The number of imidazole rings is 1. The van der Waals surface area contributed by atoms with Crippen LogP contribution in [0.3, 0.4) is 0 Å². The van der Waals surface area contributed by atoms with Crippen LogP contribution in [0.5, 0.6) is 0 Å². The number of pyridine rings is 1. The van der Waals surface area contributed by atoms with Crippen molar-refractivity contribution >= 4 is 39.7 Å². The van der Waals surface area contributed by atoms with Crippen molar-refractivity contribution in [3.63, 3.8) is 0 Å². The molecule has 0 spiro atoms. The molecule has 0 saturated heterocycles. The number of unbranched alkanes of at least 4 members (excludes halogenated alkanes) is 1. The lowest BCUT2D eigenvalue weighted by Gasteiger charge is -2.31. The Hall–Kier alpha value is -3.71. The van der Waals surface area contributed by atoms with Gasteiger partial charge in [-0.2, -0.15) is 0 Å². The van der Waals surface area contributed by atoms with Crippen molar-refractivity contribution in [1.82, 2.24) is 14.5 Å². The van der Waals surface area contributed by atoms with E-state index in [4.69, 9.17) is 21.2 Å². The highest BCUT2D eigenvalue weighted by Gasteiger charge is 2.36. The maximum Gasteiger partial charge on any atom is 0.227 e. The number of nitrogens with zero attached hydrogens (tertiary/aromatic N) is 3. The third-order valence-corrected chi connectivity index (χ3v) is 7.11. The minimum atomic E-state index is -0.648. The molecule has 1 unspecified atom stereocenters. The third kappa shape index (κ3) is 4.28. The molecule has 1 aliphatic carbocycles. The second-order valence-electron chi connectivity index (χ2n) is 9.32. The Morgan fingerprint density at radius 1 is 1.11 bits per heavy atom. The summed E-state index contributed by atoms with van der Waals surface area (Å²) >= 11 is 0. The minimum absolute atomic E-state index is 0.262. The number of rotatable bonds is 9. The average molecular weight is 470 g/mol. The van der Waals surface area contributed by atoms with Crippen LogP contribution < -0.4 is 11.5 Å². The number of para-hydroxylation sites is 1. The largest absolute Gasteiger partial charge is 0.384 e. The van der Waals surface area contributed by atoms with Crippen LogP contribution >= 0.6 is 0 Å². The van der Waals surface area contributed by atoms with Crippen molar-refractivity contribution in [3.05, 3.63) is 71.6 Å². The molecule has 7 heteroatoms. The van der Waals surface area contributed by atoms with Crippen molar-refractivity contribution in [2.75, 3.05) is 19.5 Å². The Morgan fingerprint density at radius 3 is 2.74 bits per heavy atom. The van der Waals surface area contributed by atoms with Crippen LogP contribution in [-0.4, -0.2) is 34.2 Å². The average Bonchev–Trinajstić information content (AvgIpc) is 3.24. The molecule has 0 fully saturated rings. The van der Waals surface area contributed by atoms with E-state index in [9.17, 15) is 4.79 Å². The van der Waals surface area contributed by atoms with E-state index in [1.54, 1.807) is 7.11 Å². The van der Waals surface area contributed by atoms with E-state index in [0.29, 0.717) is 31.7 Å². The zero-order chi connectivity index (χ0) is 24.4. The second kappa shape index (κ2) is 9.50. The molecular formula is C28H31N5O2. The van der Waals surface area contributed by atoms with Crippen LogP contribution in [0.2, 0.25) is 0 Å². The van der Waals surface area contributed by atoms with Gasteiger partial charge in [0, 0.05) is 25.5 Å². The first-order valence-electron chi connectivity index (χ1n) is 12.1. The Bertz CT molecular complexity index is 1420. The van der Waals surface area contributed by atoms with Gasteiger partial charge in [-0.3, -0.25) is 4.79 Å². The number of methoxy groups -OCH3 is 1. The molecule has 0 aliphatic heterocycles. The van der Waals surface area contributed by atoms with E-state index >= 15 is 0 Å². The summed E-state index contributed by atoms with van der Waals surface area (Å²) in [7, 11) is 1.69. The lowest BCUT2D eigenvalue weighted by atomic mass is 9.72. The molecule has 35 heavy (non-hydrogen) atoms. The number of benzene rings is 2. The molecule has 180 valence electrons. The Labute approximate surface area is 204 Å². The van der Waals surface area contributed by atoms with Crippen LogP contribution in [0, 0.1) is 5.41 Å².